The summed E-state index contributed by atoms with van der Waals surface area (Å²) >= 11 is 0. The molecular weight excluding hydrogens is 128 g/mol. The molecule has 0 aromatic heterocycles. The molecule has 0 saturated heterocycles. The molecule has 1 aromatic carbocycles. The summed E-state index contributed by atoms with van der Waals surface area (Å²) in [6.45, 7) is 0. The molecule has 0 unspecified atom stereocenters. The van der Waals surface area contributed by atoms with Gasteiger partial charge in [0, 0.05) is 0 Å². The fourth-order valence-electron chi connectivity index (χ4n) is 0.807. The van der Waals surface area contributed by atoms with Crippen molar-refractivity contribution in [1.82, 2.24) is 5.48 Å². The van der Waals surface area contributed by atoms with Crippen molar-refractivity contribution in [2.45, 2.75) is 0 Å². The standard InChI is InChI=1S/C7H5N2O/c1-2-4-7-6(3-1)8-5-9-10-7/h1-5H. The number of para-hydroxylation sites is 2. The Kier molecular flexibility index (Phi) is 1.07. The van der Waals surface area contributed by atoms with Gasteiger partial charge in [-0.3, -0.25) is 0 Å². The number of benzene rings is 1. The first-order chi connectivity index (χ1) is 4.97. The van der Waals surface area contributed by atoms with E-state index in [0.29, 0.717) is 5.75 Å². The van der Waals surface area contributed by atoms with Crippen molar-refractivity contribution in [3.05, 3.63) is 24.3 Å². The van der Waals surface area contributed by atoms with Crippen LogP contribution in [0.1, 0.15) is 0 Å². The summed E-state index contributed by atoms with van der Waals surface area (Å²) < 4.78 is 0. The summed E-state index contributed by atoms with van der Waals surface area (Å²) in [4.78, 5) is 8.88. The maximum atomic E-state index is 4.90. The zero-order chi connectivity index (χ0) is 6.81. The molecule has 0 aliphatic carbocycles. The summed E-state index contributed by atoms with van der Waals surface area (Å²) in [6, 6.07) is 7.50. The van der Waals surface area contributed by atoms with Gasteiger partial charge < -0.3 is 4.84 Å². The second-order valence-electron chi connectivity index (χ2n) is 1.91. The van der Waals surface area contributed by atoms with Gasteiger partial charge in [0.2, 0.25) is 0 Å². The van der Waals surface area contributed by atoms with Gasteiger partial charge in [0.15, 0.2) is 12.1 Å². The van der Waals surface area contributed by atoms with Crippen LogP contribution in [-0.4, -0.2) is 6.34 Å². The summed E-state index contributed by atoms with van der Waals surface area (Å²) in [6.07, 6.45) is 1.39. The zero-order valence-electron chi connectivity index (χ0n) is 5.19. The quantitative estimate of drug-likeness (QED) is 0.524. The molecule has 1 radical (unpaired) electrons. The molecule has 1 aliphatic heterocycles. The Morgan fingerprint density at radius 1 is 1.20 bits per heavy atom. The molecule has 0 fully saturated rings. The molecule has 0 saturated carbocycles. The van der Waals surface area contributed by atoms with Gasteiger partial charge in [-0.1, -0.05) is 17.6 Å². The number of hydrogen-bond donors (Lipinski definition) is 0. The summed E-state index contributed by atoms with van der Waals surface area (Å²) in [5.41, 5.74) is 4.36. The van der Waals surface area contributed by atoms with Crippen LogP contribution in [0.3, 0.4) is 0 Å². The van der Waals surface area contributed by atoms with Crippen molar-refractivity contribution in [3.8, 4) is 5.75 Å². The summed E-state index contributed by atoms with van der Waals surface area (Å²) in [5, 5.41) is 0. The summed E-state index contributed by atoms with van der Waals surface area (Å²) in [5.74, 6) is 0.713. The van der Waals surface area contributed by atoms with Crippen LogP contribution in [0, 0.1) is 0 Å². The van der Waals surface area contributed by atoms with E-state index in [-0.39, 0.29) is 0 Å². The number of fused-ring (bicyclic) bond motifs is 1. The Morgan fingerprint density at radius 2 is 2.10 bits per heavy atom. The van der Waals surface area contributed by atoms with Crippen LogP contribution in [0.4, 0.5) is 5.69 Å². The zero-order valence-corrected chi connectivity index (χ0v) is 5.19. The molecule has 2 rings (SSSR count). The number of aliphatic imine (C=N–C) groups is 1. The first-order valence-electron chi connectivity index (χ1n) is 2.95. The molecule has 3 nitrogen and oxygen atoms in total. The Morgan fingerprint density at radius 3 is 3.00 bits per heavy atom. The molecular formula is C7H5N2O. The minimum Gasteiger partial charge on any atom is -0.353 e. The highest BCUT2D eigenvalue weighted by molar-refractivity contribution is 5.66. The van der Waals surface area contributed by atoms with Gasteiger partial charge >= 0.3 is 0 Å². The van der Waals surface area contributed by atoms with Crippen molar-refractivity contribution in [3.63, 3.8) is 0 Å². The maximum Gasteiger partial charge on any atom is 0.183 e. The van der Waals surface area contributed by atoms with Crippen LogP contribution >= 0.6 is 0 Å². The minimum absolute atomic E-state index is 0.713. The van der Waals surface area contributed by atoms with Crippen LogP contribution in [0.2, 0.25) is 0 Å². The number of rotatable bonds is 0. The van der Waals surface area contributed by atoms with Gasteiger partial charge in [0.05, 0.1) is 0 Å². The van der Waals surface area contributed by atoms with Crippen molar-refractivity contribution in [1.29, 1.82) is 0 Å². The lowest BCUT2D eigenvalue weighted by molar-refractivity contribution is 0.254. The fourth-order valence-corrected chi connectivity index (χ4v) is 0.807. The molecule has 0 atom stereocenters. The van der Waals surface area contributed by atoms with Crippen molar-refractivity contribution in [2.75, 3.05) is 0 Å². The average Bonchev–Trinajstić information content (AvgIpc) is 2.05. The third-order valence-electron chi connectivity index (χ3n) is 1.26. The van der Waals surface area contributed by atoms with Gasteiger partial charge in [0.25, 0.3) is 0 Å². The molecule has 1 aliphatic rings. The van der Waals surface area contributed by atoms with Gasteiger partial charge in [-0.15, -0.1) is 0 Å². The molecule has 0 amide bonds. The largest absolute Gasteiger partial charge is 0.353 e. The van der Waals surface area contributed by atoms with Crippen LogP contribution < -0.4 is 10.3 Å². The van der Waals surface area contributed by atoms with Gasteiger partial charge in [-0.2, -0.15) is 0 Å². The van der Waals surface area contributed by atoms with E-state index in [1.54, 1.807) is 0 Å². The highest BCUT2D eigenvalue weighted by atomic mass is 16.6. The predicted molar refractivity (Wildman–Crippen MR) is 37.4 cm³/mol. The molecule has 0 N–H and O–H groups in total. The van der Waals surface area contributed by atoms with Gasteiger partial charge in [-0.05, 0) is 12.1 Å². The molecule has 49 valence electrons. The van der Waals surface area contributed by atoms with Crippen LogP contribution in [0.25, 0.3) is 0 Å². The lowest BCUT2D eigenvalue weighted by Crippen LogP contribution is -2.10. The molecule has 0 spiro atoms. The molecule has 3 heteroatoms. The third-order valence-corrected chi connectivity index (χ3v) is 1.26. The monoisotopic (exact) mass is 133 g/mol. The topological polar surface area (TPSA) is 35.7 Å². The normalized spacial score (nSPS) is 13.2. The average molecular weight is 133 g/mol. The number of hydroxylamine groups is 1. The summed E-state index contributed by atoms with van der Waals surface area (Å²) in [7, 11) is 0. The third kappa shape index (κ3) is 0.719. The van der Waals surface area contributed by atoms with E-state index in [9.17, 15) is 0 Å². The van der Waals surface area contributed by atoms with Gasteiger partial charge in [-0.25, -0.2) is 4.99 Å². The lowest BCUT2D eigenvalue weighted by Gasteiger charge is -2.06. The smallest absolute Gasteiger partial charge is 0.183 e. The highest BCUT2D eigenvalue weighted by Gasteiger charge is 2.04. The van der Waals surface area contributed by atoms with E-state index in [2.05, 4.69) is 10.5 Å². The van der Waals surface area contributed by atoms with E-state index in [1.165, 1.54) is 6.34 Å². The van der Waals surface area contributed by atoms with Crippen LogP contribution in [-0.2, 0) is 0 Å². The maximum absolute atomic E-state index is 4.90. The molecule has 1 heterocycles. The second kappa shape index (κ2) is 2.02. The Balaban J connectivity index is 2.54. The lowest BCUT2D eigenvalue weighted by atomic mass is 10.3. The first-order valence-corrected chi connectivity index (χ1v) is 2.95. The predicted octanol–water partition coefficient (Wildman–Crippen LogP) is 1.26. The second-order valence-corrected chi connectivity index (χ2v) is 1.91. The van der Waals surface area contributed by atoms with Crippen molar-refractivity contribution >= 4 is 12.0 Å². The molecule has 1 aromatic rings. The van der Waals surface area contributed by atoms with E-state index in [4.69, 9.17) is 4.84 Å². The van der Waals surface area contributed by atoms with Crippen LogP contribution in [0.15, 0.2) is 29.3 Å². The number of nitrogens with zero attached hydrogens (tertiary/aromatic N) is 2. The van der Waals surface area contributed by atoms with Crippen molar-refractivity contribution < 1.29 is 4.84 Å². The Labute approximate surface area is 58.3 Å². The fraction of sp³-hybridized carbons (Fsp3) is 0. The Hall–Kier alpha value is -1.51. The SMILES string of the molecule is C1=Nc2ccccc2O[N]1. The van der Waals surface area contributed by atoms with E-state index in [0.717, 1.165) is 5.69 Å². The van der Waals surface area contributed by atoms with Crippen LogP contribution in [0.5, 0.6) is 5.75 Å². The highest BCUT2D eigenvalue weighted by Crippen LogP contribution is 2.27. The van der Waals surface area contributed by atoms with E-state index in [1.807, 2.05) is 24.3 Å². The molecule has 0 bridgehead atoms. The van der Waals surface area contributed by atoms with Gasteiger partial charge in [0.1, 0.15) is 5.69 Å². The molecule has 10 heavy (non-hydrogen) atoms. The minimum atomic E-state index is 0.713. The van der Waals surface area contributed by atoms with E-state index >= 15 is 0 Å². The first kappa shape index (κ1) is 5.29. The van der Waals surface area contributed by atoms with Crippen molar-refractivity contribution in [2.24, 2.45) is 4.99 Å². The number of hydrogen-bond acceptors (Lipinski definition) is 2. The Bertz CT molecular complexity index is 270. The van der Waals surface area contributed by atoms with E-state index < -0.39 is 0 Å².